The largest absolute Gasteiger partial charge is 0.490 e. The Morgan fingerprint density at radius 1 is 1.20 bits per heavy atom. The second kappa shape index (κ2) is 8.56. The molecule has 0 radical (unpaired) electrons. The van der Waals surface area contributed by atoms with Gasteiger partial charge in [0.25, 0.3) is 10.0 Å². The molecule has 0 unspecified atom stereocenters. The van der Waals surface area contributed by atoms with Gasteiger partial charge in [-0.05, 0) is 19.1 Å². The number of hydrogen-bond donors (Lipinski definition) is 2. The van der Waals surface area contributed by atoms with Crippen LogP contribution in [0.4, 0.5) is 4.79 Å². The summed E-state index contributed by atoms with van der Waals surface area (Å²) in [6.07, 6.45) is -0.176. The van der Waals surface area contributed by atoms with E-state index in [9.17, 15) is 18.0 Å². The molecule has 0 fully saturated rings. The highest BCUT2D eigenvalue weighted by Gasteiger charge is 2.21. The van der Waals surface area contributed by atoms with E-state index in [4.69, 9.17) is 9.47 Å². The number of carbonyl (C=O) groups is 2. The summed E-state index contributed by atoms with van der Waals surface area (Å²) in [6, 6.07) is 4.13. The predicted molar refractivity (Wildman–Crippen MR) is 87.0 cm³/mol. The Hall–Kier alpha value is -2.49. The third kappa shape index (κ3) is 5.52. The fourth-order valence-electron chi connectivity index (χ4n) is 2.03. The Labute approximate surface area is 145 Å². The van der Waals surface area contributed by atoms with E-state index < -0.39 is 22.0 Å². The number of carbonyl (C=O) groups excluding carboxylic acids is 2. The third-order valence-electron chi connectivity index (χ3n) is 3.17. The summed E-state index contributed by atoms with van der Waals surface area (Å²) in [7, 11) is -4.04. The van der Waals surface area contributed by atoms with Crippen molar-refractivity contribution in [1.29, 1.82) is 0 Å². The minimum atomic E-state index is -4.04. The highest BCUT2D eigenvalue weighted by atomic mass is 32.2. The maximum atomic E-state index is 12.3. The first-order chi connectivity index (χ1) is 11.9. The Morgan fingerprint density at radius 3 is 2.64 bits per heavy atom. The van der Waals surface area contributed by atoms with Gasteiger partial charge in [0.1, 0.15) is 0 Å². The second-order valence-electron chi connectivity index (χ2n) is 5.08. The zero-order chi connectivity index (χ0) is 18.3. The van der Waals surface area contributed by atoms with Crippen molar-refractivity contribution in [3.63, 3.8) is 0 Å². The van der Waals surface area contributed by atoms with Gasteiger partial charge in [0.05, 0.1) is 24.7 Å². The van der Waals surface area contributed by atoms with Crippen LogP contribution in [0.5, 0.6) is 11.5 Å². The minimum Gasteiger partial charge on any atom is -0.490 e. The van der Waals surface area contributed by atoms with E-state index in [0.717, 1.165) is 0 Å². The molecule has 10 heteroatoms. The number of sulfonamides is 1. The molecule has 138 valence electrons. The maximum absolute atomic E-state index is 12.3. The highest BCUT2D eigenvalue weighted by Crippen LogP contribution is 2.31. The summed E-state index contributed by atoms with van der Waals surface area (Å²) in [6.45, 7) is 2.72. The fourth-order valence-corrected chi connectivity index (χ4v) is 3.06. The molecular weight excluding hydrogens is 352 g/mol. The topological polar surface area (TPSA) is 120 Å². The molecule has 0 aromatic heterocycles. The number of rotatable bonds is 6. The van der Waals surface area contributed by atoms with Gasteiger partial charge in [0, 0.05) is 25.5 Å². The van der Waals surface area contributed by atoms with Crippen molar-refractivity contribution in [2.45, 2.75) is 24.7 Å². The van der Waals surface area contributed by atoms with Crippen molar-refractivity contribution in [2.24, 2.45) is 0 Å². The lowest BCUT2D eigenvalue weighted by Crippen LogP contribution is -2.34. The number of amides is 2. The molecule has 1 heterocycles. The molecule has 0 saturated carbocycles. The van der Waals surface area contributed by atoms with Crippen LogP contribution in [0.3, 0.4) is 0 Å². The van der Waals surface area contributed by atoms with Crippen LogP contribution < -0.4 is 19.5 Å². The molecule has 0 spiro atoms. The van der Waals surface area contributed by atoms with E-state index >= 15 is 0 Å². The number of ether oxygens (including phenoxy) is 3. The summed E-state index contributed by atoms with van der Waals surface area (Å²) < 4.78 is 42.0. The second-order valence-corrected chi connectivity index (χ2v) is 6.77. The van der Waals surface area contributed by atoms with Gasteiger partial charge in [-0.15, -0.1) is 0 Å². The van der Waals surface area contributed by atoms with E-state index in [1.807, 2.05) is 4.72 Å². The molecule has 1 aromatic carbocycles. The van der Waals surface area contributed by atoms with Gasteiger partial charge < -0.3 is 19.5 Å². The van der Waals surface area contributed by atoms with Crippen LogP contribution >= 0.6 is 0 Å². The molecule has 1 aromatic rings. The zero-order valence-corrected chi connectivity index (χ0v) is 14.6. The Kier molecular flexibility index (Phi) is 6.45. The molecule has 0 aliphatic carbocycles. The standard InChI is InChI=1S/C15H20N2O7S/c1-2-22-15(19)16-7-6-14(18)17-25(20,21)11-4-5-12-13(10-11)24-9-3-8-23-12/h4-5,10H,2-3,6-9H2,1H3,(H,16,19)(H,17,18). The summed E-state index contributed by atoms with van der Waals surface area (Å²) in [5.74, 6) is 0.0297. The van der Waals surface area contributed by atoms with Gasteiger partial charge in [-0.2, -0.15) is 0 Å². The van der Waals surface area contributed by atoms with E-state index in [1.165, 1.54) is 18.2 Å². The lowest BCUT2D eigenvalue weighted by atomic mass is 10.3. The molecule has 2 rings (SSSR count). The lowest BCUT2D eigenvalue weighted by Gasteiger charge is -2.11. The summed E-state index contributed by atoms with van der Waals surface area (Å²) in [5.41, 5.74) is 0. The van der Waals surface area contributed by atoms with Crippen LogP contribution in [0, 0.1) is 0 Å². The summed E-state index contributed by atoms with van der Waals surface area (Å²) in [5, 5.41) is 2.33. The fraction of sp³-hybridized carbons (Fsp3) is 0.467. The van der Waals surface area contributed by atoms with Crippen LogP contribution in [0.15, 0.2) is 23.1 Å². The highest BCUT2D eigenvalue weighted by molar-refractivity contribution is 7.90. The van der Waals surface area contributed by atoms with E-state index in [0.29, 0.717) is 31.1 Å². The van der Waals surface area contributed by atoms with Crippen LogP contribution in [0.25, 0.3) is 0 Å². The summed E-state index contributed by atoms with van der Waals surface area (Å²) in [4.78, 5) is 22.8. The number of benzene rings is 1. The predicted octanol–water partition coefficient (Wildman–Crippen LogP) is 0.789. The number of hydrogen-bond acceptors (Lipinski definition) is 7. The van der Waals surface area contributed by atoms with Gasteiger partial charge in [-0.3, -0.25) is 4.79 Å². The first-order valence-electron chi connectivity index (χ1n) is 7.78. The third-order valence-corrected chi connectivity index (χ3v) is 4.55. The first-order valence-corrected chi connectivity index (χ1v) is 9.26. The van der Waals surface area contributed by atoms with Crippen molar-refractivity contribution in [1.82, 2.24) is 10.0 Å². The van der Waals surface area contributed by atoms with E-state index in [-0.39, 0.29) is 24.5 Å². The molecule has 2 amide bonds. The van der Waals surface area contributed by atoms with Gasteiger partial charge in [0.15, 0.2) is 11.5 Å². The SMILES string of the molecule is CCOC(=O)NCCC(=O)NS(=O)(=O)c1ccc2c(c1)OCCCO2. The number of alkyl carbamates (subject to hydrolysis) is 1. The molecule has 9 nitrogen and oxygen atoms in total. The molecule has 2 N–H and O–H groups in total. The maximum Gasteiger partial charge on any atom is 0.407 e. The molecular formula is C15H20N2O7S. The average Bonchev–Trinajstić information content (AvgIpc) is 2.79. The van der Waals surface area contributed by atoms with Crippen LogP contribution in [0.2, 0.25) is 0 Å². The van der Waals surface area contributed by atoms with Gasteiger partial charge in [-0.25, -0.2) is 17.9 Å². The van der Waals surface area contributed by atoms with E-state index in [1.54, 1.807) is 6.92 Å². The van der Waals surface area contributed by atoms with Gasteiger partial charge in [-0.1, -0.05) is 0 Å². The van der Waals surface area contributed by atoms with Gasteiger partial charge >= 0.3 is 6.09 Å². The lowest BCUT2D eigenvalue weighted by molar-refractivity contribution is -0.119. The first kappa shape index (κ1) is 18.8. The van der Waals surface area contributed by atoms with Crippen molar-refractivity contribution in [2.75, 3.05) is 26.4 Å². The smallest absolute Gasteiger partial charge is 0.407 e. The quantitative estimate of drug-likeness (QED) is 0.757. The monoisotopic (exact) mass is 372 g/mol. The molecule has 0 saturated heterocycles. The van der Waals surface area contributed by atoms with Crippen molar-refractivity contribution >= 4 is 22.0 Å². The Morgan fingerprint density at radius 2 is 1.92 bits per heavy atom. The molecule has 1 aliphatic rings. The van der Waals surface area contributed by atoms with Crippen LogP contribution in [-0.4, -0.2) is 46.8 Å². The number of nitrogens with one attached hydrogen (secondary N) is 2. The summed E-state index contributed by atoms with van der Waals surface area (Å²) >= 11 is 0. The normalized spacial score (nSPS) is 13.5. The van der Waals surface area contributed by atoms with Gasteiger partial charge in [0.2, 0.25) is 5.91 Å². The molecule has 0 bridgehead atoms. The Bertz CT molecular complexity index is 733. The average molecular weight is 372 g/mol. The molecule has 1 aliphatic heterocycles. The van der Waals surface area contributed by atoms with Crippen LogP contribution in [0.1, 0.15) is 19.8 Å². The van der Waals surface area contributed by atoms with Crippen molar-refractivity contribution < 1.29 is 32.2 Å². The van der Waals surface area contributed by atoms with Crippen LogP contribution in [-0.2, 0) is 19.6 Å². The molecule has 0 atom stereocenters. The number of fused-ring (bicyclic) bond motifs is 1. The van der Waals surface area contributed by atoms with Crippen molar-refractivity contribution in [3.8, 4) is 11.5 Å². The Balaban J connectivity index is 1.95. The molecule has 25 heavy (non-hydrogen) atoms. The zero-order valence-electron chi connectivity index (χ0n) is 13.7. The minimum absolute atomic E-state index is 0.0404. The van der Waals surface area contributed by atoms with Crippen molar-refractivity contribution in [3.05, 3.63) is 18.2 Å². The van der Waals surface area contributed by atoms with E-state index in [2.05, 4.69) is 10.1 Å².